The maximum Gasteiger partial charge on any atom is 0.123 e. The van der Waals surface area contributed by atoms with Gasteiger partial charge in [0, 0.05) is 43.8 Å². The maximum absolute atomic E-state index is 13.1. The van der Waals surface area contributed by atoms with E-state index in [-0.39, 0.29) is 5.82 Å². The summed E-state index contributed by atoms with van der Waals surface area (Å²) in [6, 6.07) is 16.0. The van der Waals surface area contributed by atoms with Gasteiger partial charge in [-0.25, -0.2) is 4.39 Å². The van der Waals surface area contributed by atoms with Crippen molar-refractivity contribution in [2.24, 2.45) is 0 Å². The van der Waals surface area contributed by atoms with Crippen molar-refractivity contribution in [3.05, 3.63) is 70.5 Å². The molecular formula is C23H28ClFN2. The summed E-state index contributed by atoms with van der Waals surface area (Å²) < 4.78 is 13.1. The van der Waals surface area contributed by atoms with E-state index in [0.717, 1.165) is 37.7 Å². The van der Waals surface area contributed by atoms with Crippen molar-refractivity contribution in [3.63, 3.8) is 0 Å². The van der Waals surface area contributed by atoms with Crippen LogP contribution in [-0.4, -0.2) is 42.0 Å². The van der Waals surface area contributed by atoms with Crippen LogP contribution in [-0.2, 0) is 6.54 Å². The van der Waals surface area contributed by atoms with E-state index in [9.17, 15) is 4.39 Å². The van der Waals surface area contributed by atoms with Gasteiger partial charge in [-0.2, -0.15) is 0 Å². The highest BCUT2D eigenvalue weighted by Gasteiger charge is 2.29. The summed E-state index contributed by atoms with van der Waals surface area (Å²) in [5.74, 6) is 0.463. The first-order valence-electron chi connectivity index (χ1n) is 10.1. The molecule has 2 aromatic rings. The van der Waals surface area contributed by atoms with Gasteiger partial charge < -0.3 is 0 Å². The van der Waals surface area contributed by atoms with Gasteiger partial charge in [0.15, 0.2) is 0 Å². The Morgan fingerprint density at radius 1 is 0.852 bits per heavy atom. The molecule has 144 valence electrons. The maximum atomic E-state index is 13.1. The van der Waals surface area contributed by atoms with E-state index in [4.69, 9.17) is 11.6 Å². The molecule has 4 heteroatoms. The number of rotatable bonds is 4. The summed E-state index contributed by atoms with van der Waals surface area (Å²) in [6.07, 6.45) is 4.95. The first kappa shape index (κ1) is 18.9. The van der Waals surface area contributed by atoms with Gasteiger partial charge in [0.2, 0.25) is 0 Å². The highest BCUT2D eigenvalue weighted by atomic mass is 35.5. The largest absolute Gasteiger partial charge is 0.298 e. The van der Waals surface area contributed by atoms with Crippen LogP contribution in [0.3, 0.4) is 0 Å². The lowest BCUT2D eigenvalue weighted by molar-refractivity contribution is 0.0727. The fraction of sp³-hybridized carbons (Fsp3) is 0.478. The van der Waals surface area contributed by atoms with Crippen LogP contribution in [0.4, 0.5) is 4.39 Å². The minimum absolute atomic E-state index is 0.137. The Bertz CT molecular complexity index is 732. The van der Waals surface area contributed by atoms with Crippen molar-refractivity contribution in [3.8, 4) is 0 Å². The summed E-state index contributed by atoms with van der Waals surface area (Å²) in [4.78, 5) is 5.20. The highest BCUT2D eigenvalue weighted by molar-refractivity contribution is 6.31. The van der Waals surface area contributed by atoms with Crippen LogP contribution in [0.25, 0.3) is 0 Å². The zero-order chi connectivity index (χ0) is 18.6. The van der Waals surface area contributed by atoms with E-state index in [2.05, 4.69) is 21.9 Å². The second kappa shape index (κ2) is 8.72. The zero-order valence-electron chi connectivity index (χ0n) is 15.8. The number of benzene rings is 2. The topological polar surface area (TPSA) is 6.48 Å². The van der Waals surface area contributed by atoms with Gasteiger partial charge in [0.1, 0.15) is 5.82 Å². The average Bonchev–Trinajstić information content (AvgIpc) is 2.71. The van der Waals surface area contributed by atoms with E-state index >= 15 is 0 Å². The minimum Gasteiger partial charge on any atom is -0.298 e. The molecule has 2 nitrogen and oxygen atoms in total. The third-order valence-corrected chi connectivity index (χ3v) is 6.68. The second-order valence-corrected chi connectivity index (χ2v) is 8.37. The first-order valence-corrected chi connectivity index (χ1v) is 10.5. The molecule has 0 amide bonds. The Morgan fingerprint density at radius 2 is 1.52 bits per heavy atom. The number of piperazine rings is 1. The molecular weight excluding hydrogens is 359 g/mol. The lowest BCUT2D eigenvalue weighted by atomic mass is 9.81. The van der Waals surface area contributed by atoms with Crippen molar-refractivity contribution in [2.45, 2.75) is 44.2 Å². The molecule has 1 heterocycles. The summed E-state index contributed by atoms with van der Waals surface area (Å²) in [5.41, 5.74) is 2.53. The van der Waals surface area contributed by atoms with Crippen molar-refractivity contribution in [2.75, 3.05) is 26.2 Å². The zero-order valence-corrected chi connectivity index (χ0v) is 16.5. The fourth-order valence-corrected chi connectivity index (χ4v) is 4.86. The molecule has 0 spiro atoms. The van der Waals surface area contributed by atoms with Crippen molar-refractivity contribution in [1.82, 2.24) is 9.80 Å². The molecule has 1 saturated carbocycles. The molecule has 2 aromatic carbocycles. The third kappa shape index (κ3) is 4.71. The van der Waals surface area contributed by atoms with Crippen LogP contribution >= 0.6 is 11.6 Å². The van der Waals surface area contributed by atoms with Gasteiger partial charge >= 0.3 is 0 Å². The Morgan fingerprint density at radius 3 is 2.19 bits per heavy atom. The normalized spacial score (nSPS) is 24.8. The number of hydrogen-bond acceptors (Lipinski definition) is 2. The molecule has 2 fully saturated rings. The van der Waals surface area contributed by atoms with Crippen LogP contribution < -0.4 is 0 Å². The van der Waals surface area contributed by atoms with Crippen molar-refractivity contribution < 1.29 is 4.39 Å². The van der Waals surface area contributed by atoms with Gasteiger partial charge in [0.05, 0.1) is 0 Å². The average molecular weight is 387 g/mol. The third-order valence-electron chi connectivity index (χ3n) is 6.31. The van der Waals surface area contributed by atoms with Crippen LogP contribution in [0.5, 0.6) is 0 Å². The Hall–Kier alpha value is -1.42. The molecule has 0 unspecified atom stereocenters. The van der Waals surface area contributed by atoms with Gasteiger partial charge in [-0.1, -0.05) is 41.9 Å². The first-order chi connectivity index (χ1) is 13.2. The molecule has 0 aromatic heterocycles. The van der Waals surface area contributed by atoms with Crippen molar-refractivity contribution >= 4 is 11.6 Å². The van der Waals surface area contributed by atoms with Crippen LogP contribution in [0.2, 0.25) is 5.02 Å². The quantitative estimate of drug-likeness (QED) is 0.701. The van der Waals surface area contributed by atoms with Gasteiger partial charge in [0.25, 0.3) is 0 Å². The molecule has 1 aliphatic carbocycles. The Labute approximate surface area is 166 Å². The summed E-state index contributed by atoms with van der Waals surface area (Å²) in [6.45, 7) is 5.48. The molecule has 2 aliphatic rings. The predicted octanol–water partition coefficient (Wildman–Crippen LogP) is 5.32. The molecule has 27 heavy (non-hydrogen) atoms. The second-order valence-electron chi connectivity index (χ2n) is 7.96. The van der Waals surface area contributed by atoms with E-state index in [1.54, 1.807) is 12.1 Å². The van der Waals surface area contributed by atoms with Gasteiger partial charge in [-0.05, 0) is 60.9 Å². The number of hydrogen-bond donors (Lipinski definition) is 0. The number of halogens is 2. The van der Waals surface area contributed by atoms with Crippen molar-refractivity contribution in [1.29, 1.82) is 0 Å². The van der Waals surface area contributed by atoms with Crippen LogP contribution in [0.1, 0.15) is 42.7 Å². The van der Waals surface area contributed by atoms with Crippen LogP contribution in [0.15, 0.2) is 48.5 Å². The molecule has 0 bridgehead atoms. The predicted molar refractivity (Wildman–Crippen MR) is 110 cm³/mol. The number of nitrogens with zero attached hydrogens (tertiary/aromatic N) is 2. The molecule has 1 aliphatic heterocycles. The summed E-state index contributed by atoms with van der Waals surface area (Å²) in [5, 5.41) is 0.874. The standard InChI is InChI=1S/C23H28ClFN2/c24-23-4-2-1-3-20(23)17-26-13-15-27(16-14-26)22-11-7-19(8-12-22)18-5-9-21(25)10-6-18/h1-6,9-10,19,22H,7-8,11-17H2. The Kier molecular flexibility index (Phi) is 6.11. The molecule has 0 N–H and O–H groups in total. The highest BCUT2D eigenvalue weighted by Crippen LogP contribution is 2.35. The van der Waals surface area contributed by atoms with E-state index in [1.807, 2.05) is 24.3 Å². The van der Waals surface area contributed by atoms with Gasteiger partial charge in [-0.3, -0.25) is 9.80 Å². The van der Waals surface area contributed by atoms with E-state index in [0.29, 0.717) is 12.0 Å². The molecule has 1 saturated heterocycles. The lowest BCUT2D eigenvalue weighted by Gasteiger charge is -2.42. The molecule has 4 rings (SSSR count). The summed E-state index contributed by atoms with van der Waals surface area (Å²) in [7, 11) is 0. The van der Waals surface area contributed by atoms with Crippen LogP contribution in [0, 0.1) is 5.82 Å². The van der Waals surface area contributed by atoms with E-state index < -0.39 is 0 Å². The Balaban J connectivity index is 1.25. The fourth-order valence-electron chi connectivity index (χ4n) is 4.66. The monoisotopic (exact) mass is 386 g/mol. The van der Waals surface area contributed by atoms with E-state index in [1.165, 1.54) is 36.8 Å². The lowest BCUT2D eigenvalue weighted by Crippen LogP contribution is -2.50. The summed E-state index contributed by atoms with van der Waals surface area (Å²) >= 11 is 6.31. The minimum atomic E-state index is -0.137. The molecule has 0 radical (unpaired) electrons. The smallest absolute Gasteiger partial charge is 0.123 e. The van der Waals surface area contributed by atoms with Gasteiger partial charge in [-0.15, -0.1) is 0 Å². The molecule has 0 atom stereocenters. The SMILES string of the molecule is Fc1ccc(C2CCC(N3CCN(Cc4ccccc4Cl)CC3)CC2)cc1.